The summed E-state index contributed by atoms with van der Waals surface area (Å²) in [6.45, 7) is 0. The van der Waals surface area contributed by atoms with E-state index >= 15 is 0 Å². The number of aromatic nitrogens is 2. The Morgan fingerprint density at radius 2 is 1.53 bits per heavy atom. The molecule has 2 nitrogen and oxygen atoms in total. The molecule has 0 N–H and O–H groups in total. The topological polar surface area (TPSA) is 25.8 Å². The fourth-order valence-electron chi connectivity index (χ4n) is 1.21. The SMILES string of the molecule is Fc1cc(F)cc(-c2nccnc2Cl)c1. The summed E-state index contributed by atoms with van der Waals surface area (Å²) >= 11 is 5.74. The largest absolute Gasteiger partial charge is 0.251 e. The monoisotopic (exact) mass is 226 g/mol. The lowest BCUT2D eigenvalue weighted by Gasteiger charge is -2.02. The highest BCUT2D eigenvalue weighted by Gasteiger charge is 2.08. The Bertz CT molecular complexity index is 482. The molecule has 5 heteroatoms. The van der Waals surface area contributed by atoms with Crippen molar-refractivity contribution in [3.8, 4) is 11.3 Å². The lowest BCUT2D eigenvalue weighted by molar-refractivity contribution is 0.584. The van der Waals surface area contributed by atoms with E-state index < -0.39 is 11.6 Å². The van der Waals surface area contributed by atoms with E-state index in [1.165, 1.54) is 12.4 Å². The third kappa shape index (κ3) is 2.10. The summed E-state index contributed by atoms with van der Waals surface area (Å²) < 4.78 is 25.8. The van der Waals surface area contributed by atoms with E-state index in [4.69, 9.17) is 11.6 Å². The van der Waals surface area contributed by atoms with Crippen molar-refractivity contribution in [1.29, 1.82) is 0 Å². The van der Waals surface area contributed by atoms with Gasteiger partial charge in [0.1, 0.15) is 17.3 Å². The zero-order valence-electron chi connectivity index (χ0n) is 7.42. The first-order valence-electron chi connectivity index (χ1n) is 4.10. The minimum absolute atomic E-state index is 0.113. The molecular formula is C10H5ClF2N2. The van der Waals surface area contributed by atoms with Gasteiger partial charge in [-0.1, -0.05) is 11.6 Å². The average Bonchev–Trinajstić information content (AvgIpc) is 2.16. The normalized spacial score (nSPS) is 10.3. The van der Waals surface area contributed by atoms with E-state index in [1.807, 2.05) is 0 Å². The summed E-state index contributed by atoms with van der Waals surface area (Å²) in [7, 11) is 0. The van der Waals surface area contributed by atoms with Crippen molar-refractivity contribution >= 4 is 11.6 Å². The fraction of sp³-hybridized carbons (Fsp3) is 0. The molecule has 2 rings (SSSR count). The molecule has 0 spiro atoms. The molecular weight excluding hydrogens is 222 g/mol. The molecule has 0 bridgehead atoms. The van der Waals surface area contributed by atoms with Crippen molar-refractivity contribution in [1.82, 2.24) is 9.97 Å². The van der Waals surface area contributed by atoms with E-state index in [1.54, 1.807) is 0 Å². The van der Waals surface area contributed by atoms with E-state index in [0.717, 1.165) is 18.2 Å². The molecule has 0 aliphatic rings. The Kier molecular flexibility index (Phi) is 2.60. The molecule has 1 heterocycles. The van der Waals surface area contributed by atoms with Gasteiger partial charge in [0.2, 0.25) is 0 Å². The van der Waals surface area contributed by atoms with E-state index in [-0.39, 0.29) is 16.4 Å². The molecule has 0 fully saturated rings. The molecule has 0 amide bonds. The number of halogens is 3. The summed E-state index contributed by atoms with van der Waals surface area (Å²) in [6.07, 6.45) is 2.81. The fourth-order valence-corrected chi connectivity index (χ4v) is 1.42. The highest BCUT2D eigenvalue weighted by molar-refractivity contribution is 6.31. The first kappa shape index (κ1) is 9.98. The first-order chi connectivity index (χ1) is 7.16. The van der Waals surface area contributed by atoms with Gasteiger partial charge in [-0.05, 0) is 12.1 Å². The van der Waals surface area contributed by atoms with Gasteiger partial charge in [0.15, 0.2) is 5.15 Å². The summed E-state index contributed by atoms with van der Waals surface area (Å²) in [5.41, 5.74) is 0.531. The molecule has 15 heavy (non-hydrogen) atoms. The van der Waals surface area contributed by atoms with Crippen LogP contribution >= 0.6 is 11.6 Å². The van der Waals surface area contributed by atoms with Gasteiger partial charge >= 0.3 is 0 Å². The second-order valence-electron chi connectivity index (χ2n) is 2.85. The van der Waals surface area contributed by atoms with Gasteiger partial charge in [-0.15, -0.1) is 0 Å². The zero-order valence-corrected chi connectivity index (χ0v) is 8.17. The smallest absolute Gasteiger partial charge is 0.155 e. The van der Waals surface area contributed by atoms with Gasteiger partial charge in [-0.2, -0.15) is 0 Å². The summed E-state index contributed by atoms with van der Waals surface area (Å²) in [6, 6.07) is 3.09. The molecule has 1 aromatic carbocycles. The zero-order chi connectivity index (χ0) is 10.8. The molecule has 0 atom stereocenters. The molecule has 0 saturated heterocycles. The Morgan fingerprint density at radius 3 is 2.13 bits per heavy atom. The van der Waals surface area contributed by atoms with Crippen LogP contribution in [0, 0.1) is 11.6 Å². The van der Waals surface area contributed by atoms with Gasteiger partial charge in [0.25, 0.3) is 0 Å². The van der Waals surface area contributed by atoms with Gasteiger partial charge in [0, 0.05) is 24.0 Å². The maximum Gasteiger partial charge on any atom is 0.155 e. The lowest BCUT2D eigenvalue weighted by atomic mass is 10.1. The average molecular weight is 227 g/mol. The van der Waals surface area contributed by atoms with Crippen LogP contribution in [0.1, 0.15) is 0 Å². The summed E-state index contributed by atoms with van der Waals surface area (Å²) in [5.74, 6) is -1.35. The number of rotatable bonds is 1. The molecule has 0 aliphatic carbocycles. The number of nitrogens with zero attached hydrogens (tertiary/aromatic N) is 2. The van der Waals surface area contributed by atoms with Gasteiger partial charge in [-0.25, -0.2) is 13.8 Å². The highest BCUT2D eigenvalue weighted by atomic mass is 35.5. The van der Waals surface area contributed by atoms with Crippen molar-refractivity contribution < 1.29 is 8.78 Å². The quantitative estimate of drug-likeness (QED) is 0.747. The number of hydrogen-bond donors (Lipinski definition) is 0. The van der Waals surface area contributed by atoms with Gasteiger partial charge in [0.05, 0.1) is 0 Å². The van der Waals surface area contributed by atoms with Crippen molar-refractivity contribution in [3.63, 3.8) is 0 Å². The van der Waals surface area contributed by atoms with Crippen LogP contribution in [0.25, 0.3) is 11.3 Å². The maximum absolute atomic E-state index is 12.9. The lowest BCUT2D eigenvalue weighted by Crippen LogP contribution is -1.89. The van der Waals surface area contributed by atoms with Crippen LogP contribution < -0.4 is 0 Å². The second-order valence-corrected chi connectivity index (χ2v) is 3.21. The van der Waals surface area contributed by atoms with Crippen LogP contribution in [0.5, 0.6) is 0 Å². The van der Waals surface area contributed by atoms with Crippen LogP contribution in [0.4, 0.5) is 8.78 Å². The minimum atomic E-state index is -0.674. The van der Waals surface area contributed by atoms with E-state index in [9.17, 15) is 8.78 Å². The maximum atomic E-state index is 12.9. The van der Waals surface area contributed by atoms with Gasteiger partial charge < -0.3 is 0 Å². The Morgan fingerprint density at radius 1 is 0.933 bits per heavy atom. The van der Waals surface area contributed by atoms with Crippen molar-refractivity contribution in [2.75, 3.05) is 0 Å². The third-order valence-electron chi connectivity index (χ3n) is 1.79. The molecule has 2 aromatic rings. The molecule has 1 aromatic heterocycles. The standard InChI is InChI=1S/C10H5ClF2N2/c11-10-9(14-1-2-15-10)6-3-7(12)5-8(13)4-6/h1-5H. The predicted molar refractivity (Wildman–Crippen MR) is 52.4 cm³/mol. The Hall–Kier alpha value is -1.55. The summed E-state index contributed by atoms with van der Waals surface area (Å²) in [5, 5.41) is 0.113. The number of hydrogen-bond acceptors (Lipinski definition) is 2. The van der Waals surface area contributed by atoms with Crippen LogP contribution in [0.15, 0.2) is 30.6 Å². The van der Waals surface area contributed by atoms with Crippen molar-refractivity contribution in [2.45, 2.75) is 0 Å². The first-order valence-corrected chi connectivity index (χ1v) is 4.47. The highest BCUT2D eigenvalue weighted by Crippen LogP contribution is 2.24. The van der Waals surface area contributed by atoms with Crippen molar-refractivity contribution in [3.05, 3.63) is 47.4 Å². The van der Waals surface area contributed by atoms with Crippen LogP contribution in [0.3, 0.4) is 0 Å². The molecule has 0 unspecified atom stereocenters. The minimum Gasteiger partial charge on any atom is -0.251 e. The van der Waals surface area contributed by atoms with E-state index in [2.05, 4.69) is 9.97 Å². The van der Waals surface area contributed by atoms with Crippen LogP contribution in [-0.2, 0) is 0 Å². The van der Waals surface area contributed by atoms with Crippen LogP contribution in [-0.4, -0.2) is 9.97 Å². The van der Waals surface area contributed by atoms with E-state index in [0.29, 0.717) is 0 Å². The van der Waals surface area contributed by atoms with Crippen LogP contribution in [0.2, 0.25) is 5.15 Å². The molecule has 0 radical (unpaired) electrons. The predicted octanol–water partition coefficient (Wildman–Crippen LogP) is 3.08. The summed E-state index contributed by atoms with van der Waals surface area (Å²) in [4.78, 5) is 7.68. The molecule has 76 valence electrons. The Labute approximate surface area is 89.6 Å². The second kappa shape index (κ2) is 3.90. The third-order valence-corrected chi connectivity index (χ3v) is 2.07. The van der Waals surface area contributed by atoms with Gasteiger partial charge in [-0.3, -0.25) is 4.98 Å². The van der Waals surface area contributed by atoms with Crippen molar-refractivity contribution in [2.24, 2.45) is 0 Å². The molecule has 0 saturated carbocycles. The number of benzene rings is 1. The molecule has 0 aliphatic heterocycles. The Balaban J connectivity index is 2.59.